The molecule has 2 fully saturated rings. The fraction of sp³-hybridized carbons (Fsp3) is 0.720. The summed E-state index contributed by atoms with van der Waals surface area (Å²) in [5, 5.41) is 7.33. The summed E-state index contributed by atoms with van der Waals surface area (Å²) in [5.41, 5.74) is 1.41. The van der Waals surface area contributed by atoms with Crippen LogP contribution in [0.15, 0.2) is 35.3 Å². The van der Waals surface area contributed by atoms with Gasteiger partial charge in [0.2, 0.25) is 0 Å². The van der Waals surface area contributed by atoms with E-state index in [9.17, 15) is 0 Å². The number of rotatable bonds is 7. The molecule has 0 bridgehead atoms. The van der Waals surface area contributed by atoms with E-state index in [1.807, 2.05) is 7.05 Å². The molecule has 5 nitrogen and oxygen atoms in total. The van der Waals surface area contributed by atoms with Gasteiger partial charge in [-0.3, -0.25) is 9.89 Å². The molecule has 3 rings (SSSR count). The summed E-state index contributed by atoms with van der Waals surface area (Å²) in [6, 6.07) is 11.9. The van der Waals surface area contributed by atoms with Crippen molar-refractivity contribution in [1.29, 1.82) is 0 Å². The van der Waals surface area contributed by atoms with Gasteiger partial charge in [-0.15, -0.1) is 24.0 Å². The molecule has 0 amide bonds. The fourth-order valence-electron chi connectivity index (χ4n) is 5.03. The Morgan fingerprint density at radius 1 is 1.16 bits per heavy atom. The monoisotopic (exact) mass is 541 g/mol. The maximum Gasteiger partial charge on any atom is 0.191 e. The molecule has 2 N–H and O–H groups in total. The van der Waals surface area contributed by atoms with Gasteiger partial charge in [0.15, 0.2) is 5.96 Å². The van der Waals surface area contributed by atoms with Gasteiger partial charge in [-0.05, 0) is 56.6 Å². The number of guanidine groups is 1. The predicted octanol–water partition coefficient (Wildman–Crippen LogP) is 4.19. The average Bonchev–Trinajstić information content (AvgIpc) is 2.73. The van der Waals surface area contributed by atoms with Gasteiger partial charge in [-0.1, -0.05) is 44.2 Å². The van der Waals surface area contributed by atoms with E-state index in [-0.39, 0.29) is 24.0 Å². The van der Waals surface area contributed by atoms with Crippen LogP contribution in [0.2, 0.25) is 0 Å². The minimum Gasteiger partial charge on any atom is -0.356 e. The van der Waals surface area contributed by atoms with Crippen LogP contribution in [0, 0.1) is 11.8 Å². The number of aliphatic imine (C=N–C) groups is 1. The van der Waals surface area contributed by atoms with Gasteiger partial charge in [0.05, 0.1) is 0 Å². The molecule has 3 atom stereocenters. The second-order valence-electron chi connectivity index (χ2n) is 9.79. The van der Waals surface area contributed by atoms with E-state index in [2.05, 4.69) is 76.5 Å². The minimum atomic E-state index is 0. The summed E-state index contributed by atoms with van der Waals surface area (Å²) in [6.45, 7) is 13.9. The SMILES string of the molecule is CN=C(NCC1CCCN(CC(C)C)C1)NC1CCN(Cc2ccccc2)C(C)C1.I. The molecule has 0 aromatic heterocycles. The lowest BCUT2D eigenvalue weighted by molar-refractivity contribution is 0.134. The number of nitrogens with one attached hydrogen (secondary N) is 2. The van der Waals surface area contributed by atoms with E-state index in [4.69, 9.17) is 0 Å². The molecular weight excluding hydrogens is 497 g/mol. The van der Waals surface area contributed by atoms with Gasteiger partial charge >= 0.3 is 0 Å². The second kappa shape index (κ2) is 13.6. The molecule has 2 heterocycles. The van der Waals surface area contributed by atoms with Crippen molar-refractivity contribution in [3.63, 3.8) is 0 Å². The Bertz CT molecular complexity index is 651. The van der Waals surface area contributed by atoms with Crippen LogP contribution in [0.1, 0.15) is 52.0 Å². The molecule has 2 saturated heterocycles. The summed E-state index contributed by atoms with van der Waals surface area (Å²) >= 11 is 0. The van der Waals surface area contributed by atoms with Gasteiger partial charge < -0.3 is 15.5 Å². The van der Waals surface area contributed by atoms with Crippen molar-refractivity contribution in [2.24, 2.45) is 16.8 Å². The van der Waals surface area contributed by atoms with Crippen LogP contribution < -0.4 is 10.6 Å². The van der Waals surface area contributed by atoms with E-state index >= 15 is 0 Å². The Morgan fingerprint density at radius 3 is 2.61 bits per heavy atom. The summed E-state index contributed by atoms with van der Waals surface area (Å²) in [4.78, 5) is 9.76. The summed E-state index contributed by atoms with van der Waals surface area (Å²) in [7, 11) is 1.90. The van der Waals surface area contributed by atoms with Crippen LogP contribution in [0.3, 0.4) is 0 Å². The second-order valence-corrected chi connectivity index (χ2v) is 9.79. The van der Waals surface area contributed by atoms with E-state index in [0.29, 0.717) is 12.1 Å². The molecule has 31 heavy (non-hydrogen) atoms. The standard InChI is InChI=1S/C25H43N5.HI/c1-20(2)17-29-13-8-11-23(18-29)16-27-25(26-4)28-24-12-14-30(21(3)15-24)19-22-9-6-5-7-10-22;/h5-7,9-10,20-21,23-24H,8,11-19H2,1-4H3,(H2,26,27,28);1H. The highest BCUT2D eigenvalue weighted by Crippen LogP contribution is 2.20. The maximum atomic E-state index is 4.51. The first-order valence-corrected chi connectivity index (χ1v) is 12.0. The van der Waals surface area contributed by atoms with Crippen LogP contribution in [-0.2, 0) is 6.54 Å². The number of hydrogen-bond acceptors (Lipinski definition) is 3. The van der Waals surface area contributed by atoms with Crippen LogP contribution in [-0.4, -0.2) is 67.6 Å². The largest absolute Gasteiger partial charge is 0.356 e. The fourth-order valence-corrected chi connectivity index (χ4v) is 5.03. The quantitative estimate of drug-likeness (QED) is 0.309. The third-order valence-electron chi connectivity index (χ3n) is 6.59. The first-order chi connectivity index (χ1) is 14.5. The number of piperidine rings is 2. The Kier molecular flexibility index (Phi) is 11.6. The van der Waals surface area contributed by atoms with Crippen molar-refractivity contribution in [2.75, 3.05) is 39.8 Å². The molecule has 2 aliphatic heterocycles. The highest BCUT2D eigenvalue weighted by molar-refractivity contribution is 14.0. The molecule has 0 saturated carbocycles. The van der Waals surface area contributed by atoms with Crippen molar-refractivity contribution in [3.05, 3.63) is 35.9 Å². The van der Waals surface area contributed by atoms with Crippen molar-refractivity contribution in [1.82, 2.24) is 20.4 Å². The number of hydrogen-bond donors (Lipinski definition) is 2. The average molecular weight is 542 g/mol. The molecule has 2 aliphatic rings. The number of likely N-dealkylation sites (tertiary alicyclic amines) is 2. The molecule has 3 unspecified atom stereocenters. The lowest BCUT2D eigenvalue weighted by atomic mass is 9.97. The molecular formula is C25H44IN5. The molecule has 0 radical (unpaired) electrons. The smallest absolute Gasteiger partial charge is 0.191 e. The van der Waals surface area contributed by atoms with Crippen molar-refractivity contribution < 1.29 is 0 Å². The van der Waals surface area contributed by atoms with Gasteiger partial charge in [-0.2, -0.15) is 0 Å². The number of benzene rings is 1. The molecule has 176 valence electrons. The number of halogens is 1. The third-order valence-corrected chi connectivity index (χ3v) is 6.59. The lowest BCUT2D eigenvalue weighted by Gasteiger charge is -2.38. The van der Waals surface area contributed by atoms with Crippen LogP contribution in [0.25, 0.3) is 0 Å². The Balaban J connectivity index is 0.00000341. The van der Waals surface area contributed by atoms with Crippen molar-refractivity contribution >= 4 is 29.9 Å². The van der Waals surface area contributed by atoms with Crippen LogP contribution >= 0.6 is 24.0 Å². The van der Waals surface area contributed by atoms with E-state index < -0.39 is 0 Å². The molecule has 1 aromatic rings. The summed E-state index contributed by atoms with van der Waals surface area (Å²) in [6.07, 6.45) is 4.98. The van der Waals surface area contributed by atoms with E-state index in [1.54, 1.807) is 0 Å². The first-order valence-electron chi connectivity index (χ1n) is 12.0. The minimum absolute atomic E-state index is 0. The Morgan fingerprint density at radius 2 is 1.94 bits per heavy atom. The zero-order chi connectivity index (χ0) is 21.3. The van der Waals surface area contributed by atoms with E-state index in [0.717, 1.165) is 37.4 Å². The highest BCUT2D eigenvalue weighted by Gasteiger charge is 2.26. The summed E-state index contributed by atoms with van der Waals surface area (Å²) in [5.74, 6) is 2.45. The third kappa shape index (κ3) is 8.89. The van der Waals surface area contributed by atoms with Crippen molar-refractivity contribution in [2.45, 2.75) is 65.1 Å². The summed E-state index contributed by atoms with van der Waals surface area (Å²) < 4.78 is 0. The molecule has 6 heteroatoms. The highest BCUT2D eigenvalue weighted by atomic mass is 127. The zero-order valence-corrected chi connectivity index (χ0v) is 22.3. The molecule has 0 aliphatic carbocycles. The molecule has 0 spiro atoms. The Labute approximate surface area is 207 Å². The van der Waals surface area contributed by atoms with Gasteiger partial charge in [-0.25, -0.2) is 0 Å². The number of nitrogens with zero attached hydrogens (tertiary/aromatic N) is 3. The van der Waals surface area contributed by atoms with Gasteiger partial charge in [0, 0.05) is 51.9 Å². The van der Waals surface area contributed by atoms with Crippen molar-refractivity contribution in [3.8, 4) is 0 Å². The topological polar surface area (TPSA) is 42.9 Å². The maximum absolute atomic E-state index is 4.51. The normalized spacial score (nSPS) is 25.8. The van der Waals surface area contributed by atoms with Crippen LogP contribution in [0.4, 0.5) is 0 Å². The van der Waals surface area contributed by atoms with E-state index in [1.165, 1.54) is 50.9 Å². The van der Waals surface area contributed by atoms with Gasteiger partial charge in [0.25, 0.3) is 0 Å². The lowest BCUT2D eigenvalue weighted by Crippen LogP contribution is -2.52. The first kappa shape index (κ1) is 26.4. The zero-order valence-electron chi connectivity index (χ0n) is 20.0. The van der Waals surface area contributed by atoms with Crippen LogP contribution in [0.5, 0.6) is 0 Å². The predicted molar refractivity (Wildman–Crippen MR) is 143 cm³/mol. The van der Waals surface area contributed by atoms with Gasteiger partial charge in [0.1, 0.15) is 0 Å². The molecule has 1 aromatic carbocycles. The Hall–Kier alpha value is -0.860.